The van der Waals surface area contributed by atoms with Gasteiger partial charge in [-0.25, -0.2) is 4.39 Å². The molecule has 1 rings (SSSR count). The van der Waals surface area contributed by atoms with Gasteiger partial charge < -0.3 is 11.1 Å². The first-order valence-electron chi connectivity index (χ1n) is 4.82. The van der Waals surface area contributed by atoms with E-state index in [1.807, 2.05) is 13.0 Å². The highest BCUT2D eigenvalue weighted by Gasteiger charge is 2.05. The van der Waals surface area contributed by atoms with E-state index < -0.39 is 0 Å². The third kappa shape index (κ3) is 2.79. The Kier molecular flexibility index (Phi) is 4.04. The third-order valence-electron chi connectivity index (χ3n) is 2.27. The lowest BCUT2D eigenvalue weighted by Crippen LogP contribution is -2.32. The van der Waals surface area contributed by atoms with Crippen LogP contribution in [0.25, 0.3) is 0 Å². The highest BCUT2D eigenvalue weighted by molar-refractivity contribution is 5.24. The first kappa shape index (κ1) is 11.1. The molecule has 0 bridgehead atoms. The van der Waals surface area contributed by atoms with Gasteiger partial charge in [-0.1, -0.05) is 18.2 Å². The van der Waals surface area contributed by atoms with Crippen LogP contribution in [0.1, 0.15) is 18.1 Å². The Bertz CT molecular complexity index is 299. The molecular weight excluding hydrogens is 179 g/mol. The highest BCUT2D eigenvalue weighted by Crippen LogP contribution is 2.11. The largest absolute Gasteiger partial charge is 0.329 e. The second-order valence-corrected chi connectivity index (χ2v) is 3.57. The van der Waals surface area contributed by atoms with E-state index in [2.05, 4.69) is 5.32 Å². The molecule has 0 aliphatic carbocycles. The second-order valence-electron chi connectivity index (χ2n) is 3.57. The van der Waals surface area contributed by atoms with Crippen molar-refractivity contribution in [3.8, 4) is 0 Å². The fourth-order valence-electron chi connectivity index (χ4n) is 1.21. The summed E-state index contributed by atoms with van der Waals surface area (Å²) in [6.07, 6.45) is 0. The maximum absolute atomic E-state index is 13.5. The topological polar surface area (TPSA) is 38.0 Å². The van der Waals surface area contributed by atoms with Crippen LogP contribution in [-0.2, 0) is 6.54 Å². The van der Waals surface area contributed by atoms with E-state index in [0.717, 1.165) is 0 Å². The number of rotatable bonds is 4. The molecule has 0 saturated heterocycles. The van der Waals surface area contributed by atoms with Gasteiger partial charge in [0.05, 0.1) is 0 Å². The van der Waals surface area contributed by atoms with Gasteiger partial charge in [-0.15, -0.1) is 0 Å². The Morgan fingerprint density at radius 1 is 1.50 bits per heavy atom. The molecule has 0 aliphatic heterocycles. The number of nitrogens with two attached hydrogens (primary N) is 1. The molecule has 0 amide bonds. The molecule has 1 aromatic carbocycles. The van der Waals surface area contributed by atoms with Gasteiger partial charge in [0.1, 0.15) is 5.82 Å². The number of hydrogen-bond donors (Lipinski definition) is 2. The van der Waals surface area contributed by atoms with Crippen molar-refractivity contribution >= 4 is 0 Å². The quantitative estimate of drug-likeness (QED) is 0.767. The molecule has 0 saturated carbocycles. The SMILES string of the molecule is Cc1cccc(CNC(C)CN)c1F. The van der Waals surface area contributed by atoms with Crippen LogP contribution in [0.5, 0.6) is 0 Å². The molecule has 3 N–H and O–H groups in total. The van der Waals surface area contributed by atoms with Crippen LogP contribution in [0.4, 0.5) is 4.39 Å². The van der Waals surface area contributed by atoms with E-state index in [4.69, 9.17) is 5.73 Å². The van der Waals surface area contributed by atoms with Gasteiger partial charge in [-0.05, 0) is 19.4 Å². The summed E-state index contributed by atoms with van der Waals surface area (Å²) in [5.41, 5.74) is 6.83. The van der Waals surface area contributed by atoms with Gasteiger partial charge in [-0.3, -0.25) is 0 Å². The summed E-state index contributed by atoms with van der Waals surface area (Å²) in [4.78, 5) is 0. The number of hydrogen-bond acceptors (Lipinski definition) is 2. The van der Waals surface area contributed by atoms with Crippen LogP contribution < -0.4 is 11.1 Å². The van der Waals surface area contributed by atoms with Gasteiger partial charge in [0.15, 0.2) is 0 Å². The van der Waals surface area contributed by atoms with Crippen molar-refractivity contribution in [2.24, 2.45) is 5.73 Å². The lowest BCUT2D eigenvalue weighted by Gasteiger charge is -2.12. The highest BCUT2D eigenvalue weighted by atomic mass is 19.1. The van der Waals surface area contributed by atoms with Crippen molar-refractivity contribution in [2.45, 2.75) is 26.4 Å². The minimum Gasteiger partial charge on any atom is -0.329 e. The van der Waals surface area contributed by atoms with Gasteiger partial charge in [0, 0.05) is 24.7 Å². The molecule has 14 heavy (non-hydrogen) atoms. The fraction of sp³-hybridized carbons (Fsp3) is 0.455. The molecule has 0 aliphatic rings. The first-order chi connectivity index (χ1) is 6.65. The Hall–Kier alpha value is -0.930. The molecule has 0 aromatic heterocycles. The molecule has 0 fully saturated rings. The molecular formula is C11H17FN2. The summed E-state index contributed by atoms with van der Waals surface area (Å²) in [5.74, 6) is -0.121. The van der Waals surface area contributed by atoms with Crippen molar-refractivity contribution < 1.29 is 4.39 Å². The van der Waals surface area contributed by atoms with Crippen LogP contribution in [0.15, 0.2) is 18.2 Å². The van der Waals surface area contributed by atoms with Crippen molar-refractivity contribution in [3.63, 3.8) is 0 Å². The van der Waals surface area contributed by atoms with Crippen LogP contribution in [0, 0.1) is 12.7 Å². The van der Waals surface area contributed by atoms with Gasteiger partial charge in [0.25, 0.3) is 0 Å². The zero-order valence-corrected chi connectivity index (χ0v) is 8.68. The van der Waals surface area contributed by atoms with E-state index >= 15 is 0 Å². The lowest BCUT2D eigenvalue weighted by molar-refractivity contribution is 0.531. The summed E-state index contributed by atoms with van der Waals surface area (Å²) in [6, 6.07) is 5.64. The Morgan fingerprint density at radius 2 is 2.21 bits per heavy atom. The normalized spacial score (nSPS) is 12.9. The van der Waals surface area contributed by atoms with E-state index in [9.17, 15) is 4.39 Å². The van der Waals surface area contributed by atoms with Crippen LogP contribution in [0.3, 0.4) is 0 Å². The summed E-state index contributed by atoms with van der Waals surface area (Å²) in [5, 5.41) is 3.15. The molecule has 0 radical (unpaired) electrons. The summed E-state index contributed by atoms with van der Waals surface area (Å²) in [6.45, 7) is 4.85. The van der Waals surface area contributed by atoms with Gasteiger partial charge in [-0.2, -0.15) is 0 Å². The maximum atomic E-state index is 13.5. The van der Waals surface area contributed by atoms with Crippen molar-refractivity contribution in [1.82, 2.24) is 5.32 Å². The Morgan fingerprint density at radius 3 is 2.86 bits per heavy atom. The lowest BCUT2D eigenvalue weighted by atomic mass is 10.1. The molecule has 0 spiro atoms. The minimum absolute atomic E-state index is 0.121. The number of nitrogens with one attached hydrogen (secondary N) is 1. The summed E-state index contributed by atoms with van der Waals surface area (Å²) >= 11 is 0. The smallest absolute Gasteiger partial charge is 0.130 e. The van der Waals surface area contributed by atoms with Crippen LogP contribution in [-0.4, -0.2) is 12.6 Å². The molecule has 1 aromatic rings. The number of benzene rings is 1. The standard InChI is InChI=1S/C11H17FN2/c1-8-4-3-5-10(11(8)12)7-14-9(2)6-13/h3-5,9,14H,6-7,13H2,1-2H3. The average molecular weight is 196 g/mol. The van der Waals surface area contributed by atoms with Gasteiger partial charge >= 0.3 is 0 Å². The van der Waals surface area contributed by atoms with Crippen molar-refractivity contribution in [2.75, 3.05) is 6.54 Å². The zero-order chi connectivity index (χ0) is 10.6. The predicted molar refractivity (Wildman–Crippen MR) is 56.5 cm³/mol. The number of halogens is 1. The molecule has 1 atom stereocenters. The Labute approximate surface area is 84.3 Å². The molecule has 0 heterocycles. The van der Waals surface area contributed by atoms with Crippen molar-refractivity contribution in [3.05, 3.63) is 35.1 Å². The zero-order valence-electron chi connectivity index (χ0n) is 8.68. The van der Waals surface area contributed by atoms with Crippen molar-refractivity contribution in [1.29, 1.82) is 0 Å². The van der Waals surface area contributed by atoms with E-state index in [-0.39, 0.29) is 11.9 Å². The second kappa shape index (κ2) is 5.08. The average Bonchev–Trinajstić information content (AvgIpc) is 2.20. The summed E-state index contributed by atoms with van der Waals surface area (Å²) < 4.78 is 13.5. The molecule has 78 valence electrons. The molecule has 2 nitrogen and oxygen atoms in total. The maximum Gasteiger partial charge on any atom is 0.130 e. The monoisotopic (exact) mass is 196 g/mol. The first-order valence-corrected chi connectivity index (χ1v) is 4.82. The van der Waals surface area contributed by atoms with E-state index in [1.54, 1.807) is 19.1 Å². The predicted octanol–water partition coefficient (Wildman–Crippen LogP) is 1.57. The van der Waals surface area contributed by atoms with Crippen LogP contribution in [0.2, 0.25) is 0 Å². The van der Waals surface area contributed by atoms with E-state index in [0.29, 0.717) is 24.2 Å². The summed E-state index contributed by atoms with van der Waals surface area (Å²) in [7, 11) is 0. The van der Waals surface area contributed by atoms with Crippen LogP contribution >= 0.6 is 0 Å². The van der Waals surface area contributed by atoms with E-state index in [1.165, 1.54) is 0 Å². The fourth-order valence-corrected chi connectivity index (χ4v) is 1.21. The minimum atomic E-state index is -0.121. The third-order valence-corrected chi connectivity index (χ3v) is 2.27. The molecule has 3 heteroatoms. The van der Waals surface area contributed by atoms with Gasteiger partial charge in [0.2, 0.25) is 0 Å². The number of aryl methyl sites for hydroxylation is 1. The Balaban J connectivity index is 2.63. The molecule has 1 unspecified atom stereocenters.